The standard InChI is InChI=1S/C20H26N2O4/c1-4-22-17-7-5-6-11-20(17,12-10-18(22)23)19(24)21-15-9-8-14(25-2)13-16(15)26-3/h7-9,13H,4-6,10-12H2,1-3H3,(H,21,24). The maximum atomic E-state index is 13.3. The highest BCUT2D eigenvalue weighted by molar-refractivity contribution is 6.00. The number of nitrogens with one attached hydrogen (secondary N) is 1. The molecule has 0 bridgehead atoms. The molecule has 1 fully saturated rings. The first-order valence-corrected chi connectivity index (χ1v) is 9.10. The van der Waals surface area contributed by atoms with Crippen LogP contribution >= 0.6 is 0 Å². The van der Waals surface area contributed by atoms with Crippen molar-refractivity contribution in [3.05, 3.63) is 30.0 Å². The summed E-state index contributed by atoms with van der Waals surface area (Å²) in [6.07, 6.45) is 5.63. The van der Waals surface area contributed by atoms with Crippen LogP contribution in [0.5, 0.6) is 11.5 Å². The fourth-order valence-electron chi connectivity index (χ4n) is 4.01. The third-order valence-corrected chi connectivity index (χ3v) is 5.40. The summed E-state index contributed by atoms with van der Waals surface area (Å²) >= 11 is 0. The second-order valence-electron chi connectivity index (χ2n) is 6.72. The van der Waals surface area contributed by atoms with Gasteiger partial charge in [0, 0.05) is 24.7 Å². The molecule has 1 saturated heterocycles. The van der Waals surface area contributed by atoms with Gasteiger partial charge in [0.25, 0.3) is 0 Å². The van der Waals surface area contributed by atoms with Gasteiger partial charge in [-0.25, -0.2) is 0 Å². The van der Waals surface area contributed by atoms with Gasteiger partial charge in [-0.1, -0.05) is 6.08 Å². The van der Waals surface area contributed by atoms with Crippen molar-refractivity contribution in [3.63, 3.8) is 0 Å². The maximum absolute atomic E-state index is 13.3. The number of fused-ring (bicyclic) bond motifs is 1. The van der Waals surface area contributed by atoms with Crippen molar-refractivity contribution in [2.24, 2.45) is 5.41 Å². The van der Waals surface area contributed by atoms with E-state index >= 15 is 0 Å². The summed E-state index contributed by atoms with van der Waals surface area (Å²) in [5.74, 6) is 1.25. The number of amides is 2. The van der Waals surface area contributed by atoms with E-state index in [0.717, 1.165) is 25.0 Å². The van der Waals surface area contributed by atoms with Crippen LogP contribution in [-0.4, -0.2) is 37.5 Å². The highest BCUT2D eigenvalue weighted by Gasteiger charge is 2.49. The number of allylic oxidation sites excluding steroid dienone is 1. The van der Waals surface area contributed by atoms with Gasteiger partial charge in [0.15, 0.2) is 0 Å². The lowest BCUT2D eigenvalue weighted by atomic mass is 9.69. The molecule has 2 amide bonds. The van der Waals surface area contributed by atoms with E-state index in [9.17, 15) is 9.59 Å². The van der Waals surface area contributed by atoms with E-state index in [1.165, 1.54) is 0 Å². The SMILES string of the molecule is CCN1C(=O)CCC2(C(=O)Nc3ccc(OC)cc3OC)CCCC=C12. The number of nitrogens with zero attached hydrogens (tertiary/aromatic N) is 1. The average Bonchev–Trinajstić information content (AvgIpc) is 2.68. The van der Waals surface area contributed by atoms with E-state index in [1.54, 1.807) is 37.3 Å². The molecule has 1 N–H and O–H groups in total. The summed E-state index contributed by atoms with van der Waals surface area (Å²) in [5, 5.41) is 3.03. The van der Waals surface area contributed by atoms with Gasteiger partial charge in [-0.2, -0.15) is 0 Å². The lowest BCUT2D eigenvalue weighted by molar-refractivity contribution is -0.138. The number of methoxy groups -OCH3 is 2. The zero-order chi connectivity index (χ0) is 18.7. The van der Waals surface area contributed by atoms with Gasteiger partial charge in [-0.05, 0) is 44.7 Å². The molecule has 3 rings (SSSR count). The van der Waals surface area contributed by atoms with Crippen LogP contribution in [-0.2, 0) is 9.59 Å². The van der Waals surface area contributed by atoms with Gasteiger partial charge in [-0.15, -0.1) is 0 Å². The molecule has 0 aromatic heterocycles. The summed E-state index contributed by atoms with van der Waals surface area (Å²) < 4.78 is 10.6. The first-order chi connectivity index (χ1) is 12.6. The molecular formula is C20H26N2O4. The van der Waals surface area contributed by atoms with Gasteiger partial charge in [0.1, 0.15) is 11.5 Å². The normalized spacial score (nSPS) is 22.3. The number of piperidine rings is 1. The molecule has 0 radical (unpaired) electrons. The Bertz CT molecular complexity index is 743. The Balaban J connectivity index is 1.92. The van der Waals surface area contributed by atoms with Gasteiger partial charge < -0.3 is 19.7 Å². The van der Waals surface area contributed by atoms with Crippen molar-refractivity contribution in [1.82, 2.24) is 4.90 Å². The molecular weight excluding hydrogens is 332 g/mol. The number of hydrogen-bond acceptors (Lipinski definition) is 4. The second kappa shape index (κ2) is 7.40. The zero-order valence-electron chi connectivity index (χ0n) is 15.6. The number of likely N-dealkylation sites (tertiary alicyclic amines) is 1. The van der Waals surface area contributed by atoms with Crippen LogP contribution in [0.15, 0.2) is 30.0 Å². The number of ether oxygens (including phenoxy) is 2. The smallest absolute Gasteiger partial charge is 0.236 e. The molecule has 0 saturated carbocycles. The maximum Gasteiger partial charge on any atom is 0.236 e. The number of carbonyl (C=O) groups is 2. The van der Waals surface area contributed by atoms with Gasteiger partial charge in [-0.3, -0.25) is 9.59 Å². The molecule has 6 heteroatoms. The third kappa shape index (κ3) is 3.04. The molecule has 6 nitrogen and oxygen atoms in total. The summed E-state index contributed by atoms with van der Waals surface area (Å²) in [5.41, 5.74) is 0.831. The molecule has 1 heterocycles. The Morgan fingerprint density at radius 1 is 1.27 bits per heavy atom. The first kappa shape index (κ1) is 18.3. The average molecular weight is 358 g/mol. The van der Waals surface area contributed by atoms with Crippen LogP contribution < -0.4 is 14.8 Å². The number of hydrogen-bond donors (Lipinski definition) is 1. The van der Waals surface area contributed by atoms with Crippen molar-refractivity contribution in [2.75, 3.05) is 26.1 Å². The van der Waals surface area contributed by atoms with Crippen LogP contribution in [0.4, 0.5) is 5.69 Å². The highest BCUT2D eigenvalue weighted by Crippen LogP contribution is 2.47. The number of rotatable bonds is 5. The van der Waals surface area contributed by atoms with Crippen LogP contribution in [0, 0.1) is 5.41 Å². The predicted molar refractivity (Wildman–Crippen MR) is 99.2 cm³/mol. The van der Waals surface area contributed by atoms with E-state index in [1.807, 2.05) is 6.92 Å². The molecule has 1 aromatic rings. The van der Waals surface area contributed by atoms with Crippen molar-refractivity contribution >= 4 is 17.5 Å². The Hall–Kier alpha value is -2.50. The van der Waals surface area contributed by atoms with Crippen molar-refractivity contribution in [2.45, 2.75) is 39.0 Å². The van der Waals surface area contributed by atoms with Crippen LogP contribution in [0.2, 0.25) is 0 Å². The summed E-state index contributed by atoms with van der Waals surface area (Å²) in [4.78, 5) is 27.4. The fourth-order valence-corrected chi connectivity index (χ4v) is 4.01. The van der Waals surface area contributed by atoms with Crippen LogP contribution in [0.25, 0.3) is 0 Å². The Labute approximate surface area is 154 Å². The Morgan fingerprint density at radius 3 is 2.77 bits per heavy atom. The molecule has 140 valence electrons. The lowest BCUT2D eigenvalue weighted by Gasteiger charge is -2.45. The minimum Gasteiger partial charge on any atom is -0.497 e. The number of carbonyl (C=O) groups excluding carboxylic acids is 2. The van der Waals surface area contributed by atoms with Crippen LogP contribution in [0.1, 0.15) is 39.0 Å². The molecule has 1 aromatic carbocycles. The van der Waals surface area contributed by atoms with E-state index in [2.05, 4.69) is 11.4 Å². The predicted octanol–water partition coefficient (Wildman–Crippen LogP) is 3.34. The minimum absolute atomic E-state index is 0.0714. The molecule has 2 aliphatic rings. The number of benzene rings is 1. The van der Waals surface area contributed by atoms with E-state index < -0.39 is 5.41 Å². The van der Waals surface area contributed by atoms with Gasteiger partial charge in [0.2, 0.25) is 11.8 Å². The number of anilines is 1. The first-order valence-electron chi connectivity index (χ1n) is 9.10. The quantitative estimate of drug-likeness (QED) is 0.877. The molecule has 1 aliphatic carbocycles. The van der Waals surface area contributed by atoms with Crippen LogP contribution in [0.3, 0.4) is 0 Å². The van der Waals surface area contributed by atoms with Gasteiger partial charge in [0.05, 0.1) is 25.3 Å². The lowest BCUT2D eigenvalue weighted by Crippen LogP contribution is -2.51. The van der Waals surface area contributed by atoms with E-state index in [4.69, 9.17) is 9.47 Å². The van der Waals surface area contributed by atoms with Gasteiger partial charge >= 0.3 is 0 Å². The third-order valence-electron chi connectivity index (χ3n) is 5.40. The summed E-state index contributed by atoms with van der Waals surface area (Å²) in [6, 6.07) is 5.31. The summed E-state index contributed by atoms with van der Waals surface area (Å²) in [7, 11) is 3.15. The monoisotopic (exact) mass is 358 g/mol. The second-order valence-corrected chi connectivity index (χ2v) is 6.72. The molecule has 26 heavy (non-hydrogen) atoms. The largest absolute Gasteiger partial charge is 0.497 e. The zero-order valence-corrected chi connectivity index (χ0v) is 15.6. The Kier molecular flexibility index (Phi) is 5.20. The van der Waals surface area contributed by atoms with E-state index in [0.29, 0.717) is 36.6 Å². The minimum atomic E-state index is -0.646. The van der Waals surface area contributed by atoms with Crippen molar-refractivity contribution in [3.8, 4) is 11.5 Å². The van der Waals surface area contributed by atoms with Crippen molar-refractivity contribution < 1.29 is 19.1 Å². The molecule has 1 aliphatic heterocycles. The molecule has 0 spiro atoms. The Morgan fingerprint density at radius 2 is 2.08 bits per heavy atom. The molecule has 1 unspecified atom stereocenters. The van der Waals surface area contributed by atoms with Crippen molar-refractivity contribution in [1.29, 1.82) is 0 Å². The summed E-state index contributed by atoms with van der Waals surface area (Å²) in [6.45, 7) is 2.54. The fraction of sp³-hybridized carbons (Fsp3) is 0.500. The van der Waals surface area contributed by atoms with E-state index in [-0.39, 0.29) is 11.8 Å². The topological polar surface area (TPSA) is 67.9 Å². The molecule has 1 atom stereocenters. The highest BCUT2D eigenvalue weighted by atomic mass is 16.5.